The highest BCUT2D eigenvalue weighted by atomic mass is 35.5. The molecule has 0 aliphatic heterocycles. The lowest BCUT2D eigenvalue weighted by molar-refractivity contribution is 0.785. The first-order chi connectivity index (χ1) is 7.72. The third-order valence-electron chi connectivity index (χ3n) is 2.44. The third kappa shape index (κ3) is 2.10. The number of benzene rings is 1. The molecule has 1 heterocycles. The zero-order chi connectivity index (χ0) is 11.5. The molecule has 2 aromatic rings. The second-order valence-electron chi connectivity index (χ2n) is 3.67. The van der Waals surface area contributed by atoms with Crippen LogP contribution in [0.3, 0.4) is 0 Å². The van der Waals surface area contributed by atoms with Gasteiger partial charge in [-0.2, -0.15) is 5.10 Å². The smallest absolute Gasteiger partial charge is 0.0819 e. The maximum Gasteiger partial charge on any atom is 0.0819 e. The molecule has 0 amide bonds. The van der Waals surface area contributed by atoms with Crippen molar-refractivity contribution in [3.05, 3.63) is 46.7 Å². The third-order valence-corrected chi connectivity index (χ3v) is 2.82. The molecule has 84 valence electrons. The van der Waals surface area contributed by atoms with Gasteiger partial charge >= 0.3 is 0 Å². The Morgan fingerprint density at radius 1 is 1.38 bits per heavy atom. The summed E-state index contributed by atoms with van der Waals surface area (Å²) >= 11 is 6.01. The summed E-state index contributed by atoms with van der Waals surface area (Å²) in [6.07, 6.45) is 1.84. The van der Waals surface area contributed by atoms with Crippen molar-refractivity contribution >= 4 is 11.6 Å². The van der Waals surface area contributed by atoms with Gasteiger partial charge in [0.05, 0.1) is 16.4 Å². The van der Waals surface area contributed by atoms with Crippen molar-refractivity contribution in [2.75, 3.05) is 7.05 Å². The lowest BCUT2D eigenvalue weighted by Crippen LogP contribution is -2.09. The Hall–Kier alpha value is -1.32. The SMILES string of the molecule is CNCc1ccccc1-n1cc(Cl)c(C)n1. The molecule has 0 fully saturated rings. The highest BCUT2D eigenvalue weighted by Crippen LogP contribution is 2.19. The van der Waals surface area contributed by atoms with E-state index in [4.69, 9.17) is 11.6 Å². The summed E-state index contributed by atoms with van der Waals surface area (Å²) in [4.78, 5) is 0. The van der Waals surface area contributed by atoms with E-state index in [0.29, 0.717) is 5.02 Å². The number of aromatic nitrogens is 2. The minimum atomic E-state index is 0.694. The van der Waals surface area contributed by atoms with Gasteiger partial charge in [0.1, 0.15) is 0 Å². The molecule has 1 N–H and O–H groups in total. The van der Waals surface area contributed by atoms with E-state index in [9.17, 15) is 0 Å². The molecule has 0 saturated carbocycles. The monoisotopic (exact) mass is 235 g/mol. The molecule has 0 spiro atoms. The van der Waals surface area contributed by atoms with Crippen molar-refractivity contribution in [1.82, 2.24) is 15.1 Å². The van der Waals surface area contributed by atoms with Gasteiger partial charge in [-0.3, -0.25) is 0 Å². The highest BCUT2D eigenvalue weighted by Gasteiger charge is 2.07. The van der Waals surface area contributed by atoms with Gasteiger partial charge in [-0.05, 0) is 25.6 Å². The Morgan fingerprint density at radius 2 is 2.12 bits per heavy atom. The molecule has 1 aromatic carbocycles. The summed E-state index contributed by atoms with van der Waals surface area (Å²) in [6, 6.07) is 8.14. The van der Waals surface area contributed by atoms with Gasteiger partial charge < -0.3 is 5.32 Å². The van der Waals surface area contributed by atoms with Crippen LogP contribution < -0.4 is 5.32 Å². The van der Waals surface area contributed by atoms with Crippen molar-refractivity contribution in [3.8, 4) is 5.69 Å². The van der Waals surface area contributed by atoms with Gasteiger partial charge in [-0.1, -0.05) is 29.8 Å². The van der Waals surface area contributed by atoms with E-state index in [2.05, 4.69) is 16.5 Å². The number of hydrogen-bond donors (Lipinski definition) is 1. The summed E-state index contributed by atoms with van der Waals surface area (Å²) in [5.41, 5.74) is 3.11. The maximum absolute atomic E-state index is 6.01. The molecular formula is C12H14ClN3. The van der Waals surface area contributed by atoms with Crippen molar-refractivity contribution in [1.29, 1.82) is 0 Å². The summed E-state index contributed by atoms with van der Waals surface area (Å²) in [6.45, 7) is 2.71. The van der Waals surface area contributed by atoms with E-state index < -0.39 is 0 Å². The van der Waals surface area contributed by atoms with E-state index in [1.54, 1.807) is 0 Å². The fourth-order valence-corrected chi connectivity index (χ4v) is 1.77. The standard InChI is InChI=1S/C12H14ClN3/c1-9-11(13)8-16(15-9)12-6-4-3-5-10(12)7-14-2/h3-6,8,14H,7H2,1-2H3. The molecule has 3 nitrogen and oxygen atoms in total. The molecule has 0 bridgehead atoms. The largest absolute Gasteiger partial charge is 0.316 e. The molecule has 0 radical (unpaired) electrons. The molecule has 4 heteroatoms. The van der Waals surface area contributed by atoms with Gasteiger partial charge in [0.2, 0.25) is 0 Å². The molecule has 2 rings (SSSR count). The number of nitrogens with one attached hydrogen (secondary N) is 1. The van der Waals surface area contributed by atoms with Crippen LogP contribution in [-0.2, 0) is 6.54 Å². The normalized spacial score (nSPS) is 10.7. The molecule has 0 atom stereocenters. The number of para-hydroxylation sites is 1. The van der Waals surface area contributed by atoms with Gasteiger partial charge in [-0.25, -0.2) is 4.68 Å². The fourth-order valence-electron chi connectivity index (χ4n) is 1.64. The highest BCUT2D eigenvalue weighted by molar-refractivity contribution is 6.31. The zero-order valence-corrected chi connectivity index (χ0v) is 10.1. The second-order valence-corrected chi connectivity index (χ2v) is 4.07. The Balaban J connectivity index is 2.46. The van der Waals surface area contributed by atoms with Gasteiger partial charge in [0, 0.05) is 12.7 Å². The lowest BCUT2D eigenvalue weighted by Gasteiger charge is -2.08. The average Bonchev–Trinajstić information content (AvgIpc) is 2.60. The van der Waals surface area contributed by atoms with Crippen LogP contribution in [0.2, 0.25) is 5.02 Å². The van der Waals surface area contributed by atoms with E-state index in [1.807, 2.05) is 43.0 Å². The van der Waals surface area contributed by atoms with E-state index >= 15 is 0 Å². The quantitative estimate of drug-likeness (QED) is 0.886. The summed E-state index contributed by atoms with van der Waals surface area (Å²) in [5, 5.41) is 8.22. The molecular weight excluding hydrogens is 222 g/mol. The minimum Gasteiger partial charge on any atom is -0.316 e. The van der Waals surface area contributed by atoms with Crippen LogP contribution >= 0.6 is 11.6 Å². The molecule has 1 aromatic heterocycles. The minimum absolute atomic E-state index is 0.694. The second kappa shape index (κ2) is 4.68. The number of halogens is 1. The summed E-state index contributed by atoms with van der Waals surface area (Å²) in [7, 11) is 1.93. The summed E-state index contributed by atoms with van der Waals surface area (Å²) in [5.74, 6) is 0. The number of aryl methyl sites for hydroxylation is 1. The molecule has 16 heavy (non-hydrogen) atoms. The van der Waals surface area contributed by atoms with Gasteiger partial charge in [0.15, 0.2) is 0 Å². The van der Waals surface area contributed by atoms with Crippen LogP contribution in [0.1, 0.15) is 11.3 Å². The zero-order valence-electron chi connectivity index (χ0n) is 9.37. The van der Waals surface area contributed by atoms with Crippen molar-refractivity contribution in [3.63, 3.8) is 0 Å². The number of rotatable bonds is 3. The topological polar surface area (TPSA) is 29.9 Å². The van der Waals surface area contributed by atoms with Crippen molar-refractivity contribution in [2.24, 2.45) is 0 Å². The Kier molecular flexibility index (Phi) is 3.27. The molecule has 0 aliphatic carbocycles. The number of hydrogen-bond acceptors (Lipinski definition) is 2. The van der Waals surface area contributed by atoms with E-state index in [0.717, 1.165) is 17.9 Å². The van der Waals surface area contributed by atoms with Crippen LogP contribution in [0.5, 0.6) is 0 Å². The average molecular weight is 236 g/mol. The molecule has 0 saturated heterocycles. The maximum atomic E-state index is 6.01. The molecule has 0 aliphatic rings. The van der Waals surface area contributed by atoms with Crippen LogP contribution in [0.15, 0.2) is 30.5 Å². The molecule has 0 unspecified atom stereocenters. The van der Waals surface area contributed by atoms with Crippen molar-refractivity contribution < 1.29 is 0 Å². The Bertz CT molecular complexity index is 471. The Labute approximate surface area is 100 Å². The predicted molar refractivity (Wildman–Crippen MR) is 66.1 cm³/mol. The first-order valence-corrected chi connectivity index (χ1v) is 5.55. The Morgan fingerprint density at radius 3 is 2.75 bits per heavy atom. The van der Waals surface area contributed by atoms with Crippen LogP contribution in [0.25, 0.3) is 5.69 Å². The van der Waals surface area contributed by atoms with Gasteiger partial charge in [0.25, 0.3) is 0 Å². The summed E-state index contributed by atoms with van der Waals surface area (Å²) < 4.78 is 1.82. The lowest BCUT2D eigenvalue weighted by atomic mass is 10.2. The number of nitrogens with zero attached hydrogens (tertiary/aromatic N) is 2. The first kappa shape index (κ1) is 11.2. The van der Waals surface area contributed by atoms with E-state index in [-0.39, 0.29) is 0 Å². The van der Waals surface area contributed by atoms with Gasteiger partial charge in [-0.15, -0.1) is 0 Å². The van der Waals surface area contributed by atoms with E-state index in [1.165, 1.54) is 5.56 Å². The van der Waals surface area contributed by atoms with Crippen LogP contribution in [-0.4, -0.2) is 16.8 Å². The van der Waals surface area contributed by atoms with Crippen LogP contribution in [0, 0.1) is 6.92 Å². The van der Waals surface area contributed by atoms with Crippen molar-refractivity contribution in [2.45, 2.75) is 13.5 Å². The predicted octanol–water partition coefficient (Wildman–Crippen LogP) is 2.55. The fraction of sp³-hybridized carbons (Fsp3) is 0.250. The first-order valence-electron chi connectivity index (χ1n) is 5.17. The van der Waals surface area contributed by atoms with Crippen LogP contribution in [0.4, 0.5) is 0 Å².